The molecule has 0 fully saturated rings. The van der Waals surface area contributed by atoms with Gasteiger partial charge in [-0.15, -0.1) is 5.10 Å². The van der Waals surface area contributed by atoms with Gasteiger partial charge in [0.15, 0.2) is 5.82 Å². The van der Waals surface area contributed by atoms with Crippen molar-refractivity contribution >= 4 is 11.6 Å². The summed E-state index contributed by atoms with van der Waals surface area (Å²) < 4.78 is 6.65. The summed E-state index contributed by atoms with van der Waals surface area (Å²) in [4.78, 5) is 0. The van der Waals surface area contributed by atoms with Crippen molar-refractivity contribution < 1.29 is 4.74 Å². The first kappa shape index (κ1) is 13.9. The highest BCUT2D eigenvalue weighted by atomic mass is 35.5. The SMILES string of the molecule is COCCNC(C)c1nnnn1-c1ccccc1Cl. The van der Waals surface area contributed by atoms with Crippen LogP contribution in [0.4, 0.5) is 0 Å². The van der Waals surface area contributed by atoms with Crippen LogP contribution in [0.3, 0.4) is 0 Å². The number of nitrogens with zero attached hydrogens (tertiary/aromatic N) is 4. The second kappa shape index (κ2) is 6.60. The molecule has 1 aromatic carbocycles. The number of halogens is 1. The molecule has 0 saturated heterocycles. The Bertz CT molecular complexity index is 530. The smallest absolute Gasteiger partial charge is 0.173 e. The van der Waals surface area contributed by atoms with Crippen molar-refractivity contribution in [2.45, 2.75) is 13.0 Å². The van der Waals surface area contributed by atoms with Crippen molar-refractivity contribution in [2.75, 3.05) is 20.3 Å². The second-order valence-corrected chi connectivity index (χ2v) is 4.48. The Balaban J connectivity index is 2.20. The average molecular weight is 282 g/mol. The van der Waals surface area contributed by atoms with Gasteiger partial charge in [0, 0.05) is 13.7 Å². The molecule has 1 N–H and O–H groups in total. The van der Waals surface area contributed by atoms with Gasteiger partial charge in [0.2, 0.25) is 0 Å². The molecule has 0 amide bonds. The van der Waals surface area contributed by atoms with Gasteiger partial charge in [0.05, 0.1) is 23.4 Å². The van der Waals surface area contributed by atoms with E-state index in [1.165, 1.54) is 0 Å². The second-order valence-electron chi connectivity index (χ2n) is 4.07. The quantitative estimate of drug-likeness (QED) is 0.815. The lowest BCUT2D eigenvalue weighted by Crippen LogP contribution is -2.25. The van der Waals surface area contributed by atoms with Crippen molar-refractivity contribution in [1.29, 1.82) is 0 Å². The largest absolute Gasteiger partial charge is 0.383 e. The number of hydrogen-bond acceptors (Lipinski definition) is 5. The number of hydrogen-bond donors (Lipinski definition) is 1. The van der Waals surface area contributed by atoms with E-state index in [4.69, 9.17) is 16.3 Å². The first-order valence-electron chi connectivity index (χ1n) is 5.99. The molecule has 102 valence electrons. The van der Waals surface area contributed by atoms with Crippen LogP contribution in [-0.4, -0.2) is 40.5 Å². The monoisotopic (exact) mass is 281 g/mol. The third-order valence-electron chi connectivity index (χ3n) is 2.72. The van der Waals surface area contributed by atoms with Crippen LogP contribution in [0, 0.1) is 0 Å². The molecule has 6 nitrogen and oxygen atoms in total. The van der Waals surface area contributed by atoms with Crippen LogP contribution in [0.5, 0.6) is 0 Å². The van der Waals surface area contributed by atoms with Gasteiger partial charge in [0.25, 0.3) is 0 Å². The van der Waals surface area contributed by atoms with Crippen molar-refractivity contribution in [1.82, 2.24) is 25.5 Å². The number of para-hydroxylation sites is 1. The molecule has 1 aromatic heterocycles. The Labute approximate surface area is 116 Å². The highest BCUT2D eigenvalue weighted by molar-refractivity contribution is 6.32. The van der Waals surface area contributed by atoms with Crippen LogP contribution >= 0.6 is 11.6 Å². The first-order valence-corrected chi connectivity index (χ1v) is 6.37. The summed E-state index contributed by atoms with van der Waals surface area (Å²) >= 11 is 6.16. The topological polar surface area (TPSA) is 64.9 Å². The van der Waals surface area contributed by atoms with Gasteiger partial charge in [-0.2, -0.15) is 4.68 Å². The summed E-state index contributed by atoms with van der Waals surface area (Å²) in [5, 5.41) is 15.7. The van der Waals surface area contributed by atoms with Crippen molar-refractivity contribution in [2.24, 2.45) is 0 Å². The summed E-state index contributed by atoms with van der Waals surface area (Å²) in [5.74, 6) is 0.712. The van der Waals surface area contributed by atoms with Crippen molar-refractivity contribution in [3.05, 3.63) is 35.1 Å². The minimum Gasteiger partial charge on any atom is -0.383 e. The lowest BCUT2D eigenvalue weighted by Gasteiger charge is -2.13. The lowest BCUT2D eigenvalue weighted by molar-refractivity contribution is 0.196. The number of ether oxygens (including phenoxy) is 1. The molecule has 0 radical (unpaired) electrons. The van der Waals surface area contributed by atoms with Crippen LogP contribution < -0.4 is 5.32 Å². The van der Waals surface area contributed by atoms with Crippen LogP contribution in [0.1, 0.15) is 18.8 Å². The number of tetrazole rings is 1. The van der Waals surface area contributed by atoms with Crippen LogP contribution in [0.15, 0.2) is 24.3 Å². The zero-order valence-corrected chi connectivity index (χ0v) is 11.6. The van der Waals surface area contributed by atoms with Gasteiger partial charge in [-0.25, -0.2) is 0 Å². The van der Waals surface area contributed by atoms with E-state index in [1.807, 2.05) is 31.2 Å². The summed E-state index contributed by atoms with van der Waals surface area (Å²) in [5.41, 5.74) is 0.768. The van der Waals surface area contributed by atoms with E-state index in [0.29, 0.717) is 17.5 Å². The molecule has 1 atom stereocenters. The number of aromatic nitrogens is 4. The van der Waals surface area contributed by atoms with E-state index >= 15 is 0 Å². The maximum atomic E-state index is 6.16. The molecule has 0 aliphatic rings. The highest BCUT2D eigenvalue weighted by Crippen LogP contribution is 2.21. The highest BCUT2D eigenvalue weighted by Gasteiger charge is 2.16. The van der Waals surface area contributed by atoms with Gasteiger partial charge in [0.1, 0.15) is 0 Å². The molecule has 7 heteroatoms. The molecule has 2 aromatic rings. The Morgan fingerprint density at radius 3 is 2.95 bits per heavy atom. The third-order valence-corrected chi connectivity index (χ3v) is 3.04. The Hall–Kier alpha value is -1.50. The molecular formula is C12H16ClN5O. The Kier molecular flexibility index (Phi) is 4.84. The molecule has 0 aliphatic carbocycles. The molecule has 0 spiro atoms. The fourth-order valence-corrected chi connectivity index (χ4v) is 1.94. The first-order chi connectivity index (χ1) is 9.24. The molecule has 0 aliphatic heterocycles. The third kappa shape index (κ3) is 3.28. The van der Waals surface area contributed by atoms with E-state index in [2.05, 4.69) is 20.8 Å². The van der Waals surface area contributed by atoms with Gasteiger partial charge in [-0.05, 0) is 29.5 Å². The zero-order chi connectivity index (χ0) is 13.7. The van der Waals surface area contributed by atoms with Crippen LogP contribution in [0.2, 0.25) is 5.02 Å². The van der Waals surface area contributed by atoms with E-state index in [1.54, 1.807) is 11.8 Å². The van der Waals surface area contributed by atoms with Crippen molar-refractivity contribution in [3.63, 3.8) is 0 Å². The molecule has 0 saturated carbocycles. The van der Waals surface area contributed by atoms with Crippen molar-refractivity contribution in [3.8, 4) is 5.69 Å². The van der Waals surface area contributed by atoms with E-state index in [0.717, 1.165) is 12.2 Å². The van der Waals surface area contributed by atoms with Crippen LogP contribution in [0.25, 0.3) is 5.69 Å². The molecule has 0 bridgehead atoms. The van der Waals surface area contributed by atoms with Gasteiger partial charge in [-0.3, -0.25) is 0 Å². The number of benzene rings is 1. The molecule has 2 rings (SSSR count). The normalized spacial score (nSPS) is 12.6. The number of methoxy groups -OCH3 is 1. The lowest BCUT2D eigenvalue weighted by atomic mass is 10.3. The predicted molar refractivity (Wildman–Crippen MR) is 72.5 cm³/mol. The van der Waals surface area contributed by atoms with Crippen LogP contribution in [-0.2, 0) is 4.74 Å². The van der Waals surface area contributed by atoms with Gasteiger partial charge < -0.3 is 10.1 Å². The predicted octanol–water partition coefficient (Wildman–Crippen LogP) is 1.61. The number of nitrogens with one attached hydrogen (secondary N) is 1. The Morgan fingerprint density at radius 2 is 2.21 bits per heavy atom. The molecule has 19 heavy (non-hydrogen) atoms. The fourth-order valence-electron chi connectivity index (χ4n) is 1.73. The maximum absolute atomic E-state index is 6.16. The summed E-state index contributed by atoms with van der Waals surface area (Å²) in [6.07, 6.45) is 0. The molecular weight excluding hydrogens is 266 g/mol. The standard InChI is InChI=1S/C12H16ClN5O/c1-9(14-7-8-19-2)12-15-16-17-18(12)11-6-4-3-5-10(11)13/h3-6,9,14H,7-8H2,1-2H3. The minimum atomic E-state index is 0.00132. The summed E-state index contributed by atoms with van der Waals surface area (Å²) in [6.45, 7) is 3.36. The van der Waals surface area contributed by atoms with Gasteiger partial charge in [-0.1, -0.05) is 23.7 Å². The summed E-state index contributed by atoms with van der Waals surface area (Å²) in [6, 6.07) is 7.46. The van der Waals surface area contributed by atoms with E-state index in [9.17, 15) is 0 Å². The summed E-state index contributed by atoms with van der Waals surface area (Å²) in [7, 11) is 1.67. The van der Waals surface area contributed by atoms with Gasteiger partial charge >= 0.3 is 0 Å². The molecule has 1 heterocycles. The Morgan fingerprint density at radius 1 is 1.42 bits per heavy atom. The fraction of sp³-hybridized carbons (Fsp3) is 0.417. The number of rotatable bonds is 6. The zero-order valence-electron chi connectivity index (χ0n) is 10.9. The average Bonchev–Trinajstić information content (AvgIpc) is 2.88. The van der Waals surface area contributed by atoms with E-state index in [-0.39, 0.29) is 6.04 Å². The minimum absolute atomic E-state index is 0.00132. The molecule has 1 unspecified atom stereocenters. The van der Waals surface area contributed by atoms with E-state index < -0.39 is 0 Å². The maximum Gasteiger partial charge on any atom is 0.173 e.